The lowest BCUT2D eigenvalue weighted by atomic mass is 9.86. The maximum atomic E-state index is 11.5. The Bertz CT molecular complexity index is 278. The van der Waals surface area contributed by atoms with E-state index in [9.17, 15) is 20.1 Å². The molecule has 1 fully saturated rings. The van der Waals surface area contributed by atoms with Crippen molar-refractivity contribution in [3.8, 4) is 0 Å². The first-order valence-corrected chi connectivity index (χ1v) is 5.29. The van der Waals surface area contributed by atoms with Crippen molar-refractivity contribution in [1.82, 2.24) is 0 Å². The fourth-order valence-corrected chi connectivity index (χ4v) is 1.64. The van der Waals surface area contributed by atoms with Crippen molar-refractivity contribution in [2.75, 3.05) is 13.7 Å². The van der Waals surface area contributed by atoms with Gasteiger partial charge in [0.15, 0.2) is 12.4 Å². The number of esters is 1. The highest BCUT2D eigenvalue weighted by atomic mass is 16.7. The minimum atomic E-state index is -1.92. The summed E-state index contributed by atoms with van der Waals surface area (Å²) in [5, 5.41) is 29.4. The van der Waals surface area contributed by atoms with Crippen molar-refractivity contribution in [3.63, 3.8) is 0 Å². The summed E-state index contributed by atoms with van der Waals surface area (Å²) >= 11 is 0. The molecule has 0 unspecified atom stereocenters. The normalized spacial score (nSPS) is 42.2. The molecule has 100 valence electrons. The summed E-state index contributed by atoms with van der Waals surface area (Å²) in [6, 6.07) is 0. The molecule has 0 bridgehead atoms. The predicted molar refractivity (Wildman–Crippen MR) is 54.9 cm³/mol. The van der Waals surface area contributed by atoms with E-state index in [1.54, 1.807) is 6.92 Å². The summed E-state index contributed by atoms with van der Waals surface area (Å²) in [6.07, 6.45) is -5.66. The quantitative estimate of drug-likeness (QED) is 0.518. The van der Waals surface area contributed by atoms with Crippen LogP contribution in [0.25, 0.3) is 0 Å². The molecule has 3 N–H and O–H groups in total. The first kappa shape index (κ1) is 14.3. The van der Waals surface area contributed by atoms with Crippen LogP contribution < -0.4 is 0 Å². The lowest BCUT2D eigenvalue weighted by Gasteiger charge is -2.44. The number of carbonyl (C=O) groups is 1. The van der Waals surface area contributed by atoms with Crippen molar-refractivity contribution in [2.45, 2.75) is 44.1 Å². The van der Waals surface area contributed by atoms with Gasteiger partial charge in [-0.25, -0.2) is 4.79 Å². The molecule has 1 aliphatic rings. The van der Waals surface area contributed by atoms with E-state index < -0.39 is 36.2 Å². The van der Waals surface area contributed by atoms with Crippen LogP contribution in [0.4, 0.5) is 0 Å². The van der Waals surface area contributed by atoms with E-state index >= 15 is 0 Å². The van der Waals surface area contributed by atoms with Gasteiger partial charge in [-0.05, 0) is 13.8 Å². The van der Waals surface area contributed by atoms with Crippen molar-refractivity contribution >= 4 is 5.97 Å². The maximum Gasteiger partial charge on any atom is 0.338 e. The fraction of sp³-hybridized carbons (Fsp3) is 0.900. The van der Waals surface area contributed by atoms with Gasteiger partial charge in [-0.3, -0.25) is 0 Å². The molecule has 1 aliphatic heterocycles. The van der Waals surface area contributed by atoms with Crippen molar-refractivity contribution in [3.05, 3.63) is 0 Å². The minimum Gasteiger partial charge on any atom is -0.464 e. The van der Waals surface area contributed by atoms with Gasteiger partial charge in [0.05, 0.1) is 6.61 Å². The van der Waals surface area contributed by atoms with Crippen LogP contribution in [-0.2, 0) is 19.0 Å². The van der Waals surface area contributed by atoms with E-state index in [4.69, 9.17) is 14.2 Å². The zero-order valence-electron chi connectivity index (χ0n) is 9.99. The molecule has 7 heteroatoms. The number of rotatable bonds is 3. The van der Waals surface area contributed by atoms with Crippen LogP contribution in [0.15, 0.2) is 0 Å². The average molecular weight is 250 g/mol. The molecule has 0 amide bonds. The summed E-state index contributed by atoms with van der Waals surface area (Å²) in [7, 11) is 1.25. The molecule has 0 saturated carbocycles. The first-order valence-electron chi connectivity index (χ1n) is 5.29. The zero-order chi connectivity index (χ0) is 13.2. The fourth-order valence-electron chi connectivity index (χ4n) is 1.64. The van der Waals surface area contributed by atoms with Gasteiger partial charge in [-0.1, -0.05) is 0 Å². The van der Waals surface area contributed by atoms with Crippen LogP contribution in [0.5, 0.6) is 0 Å². The monoisotopic (exact) mass is 250 g/mol. The third-order valence-electron chi connectivity index (χ3n) is 2.77. The molecule has 0 radical (unpaired) electrons. The van der Waals surface area contributed by atoms with Gasteiger partial charge in [-0.15, -0.1) is 0 Å². The highest BCUT2D eigenvalue weighted by Crippen LogP contribution is 2.30. The van der Waals surface area contributed by atoms with E-state index in [-0.39, 0.29) is 6.61 Å². The van der Waals surface area contributed by atoms with Gasteiger partial charge in [0.1, 0.15) is 17.8 Å². The molecular formula is C10H18O7. The molecule has 0 spiro atoms. The standard InChI is InChI=1S/C10H18O7/c1-4-16-8(13)5-6(11)10(2,14)7(12)9(15-3)17-5/h5-7,9,11-12,14H,4H2,1-3H3/t5-,6+,7-,9+,10+/m1/s1. The van der Waals surface area contributed by atoms with Gasteiger partial charge < -0.3 is 29.5 Å². The Morgan fingerprint density at radius 1 is 1.41 bits per heavy atom. The van der Waals surface area contributed by atoms with Crippen LogP contribution in [0.1, 0.15) is 13.8 Å². The molecule has 1 rings (SSSR count). The van der Waals surface area contributed by atoms with Gasteiger partial charge in [-0.2, -0.15) is 0 Å². The summed E-state index contributed by atoms with van der Waals surface area (Å²) < 4.78 is 14.5. The van der Waals surface area contributed by atoms with Gasteiger partial charge >= 0.3 is 5.97 Å². The van der Waals surface area contributed by atoms with Gasteiger partial charge in [0.2, 0.25) is 0 Å². The number of hydrogen-bond donors (Lipinski definition) is 3. The molecule has 0 aromatic carbocycles. The van der Waals surface area contributed by atoms with Crippen molar-refractivity contribution in [1.29, 1.82) is 0 Å². The van der Waals surface area contributed by atoms with E-state index in [0.717, 1.165) is 0 Å². The minimum absolute atomic E-state index is 0.119. The molecule has 17 heavy (non-hydrogen) atoms. The number of ether oxygens (including phenoxy) is 3. The highest BCUT2D eigenvalue weighted by molar-refractivity contribution is 5.76. The van der Waals surface area contributed by atoms with E-state index in [0.29, 0.717) is 0 Å². The second-order valence-corrected chi connectivity index (χ2v) is 4.03. The second kappa shape index (κ2) is 5.28. The summed E-state index contributed by atoms with van der Waals surface area (Å²) in [5.41, 5.74) is -1.92. The lowest BCUT2D eigenvalue weighted by molar-refractivity contribution is -0.316. The van der Waals surface area contributed by atoms with Crippen LogP contribution >= 0.6 is 0 Å². The number of carbonyl (C=O) groups excluding carboxylic acids is 1. The van der Waals surface area contributed by atoms with E-state index in [2.05, 4.69) is 0 Å². The second-order valence-electron chi connectivity index (χ2n) is 4.03. The smallest absolute Gasteiger partial charge is 0.338 e. The summed E-state index contributed by atoms with van der Waals surface area (Å²) in [4.78, 5) is 11.5. The molecular weight excluding hydrogens is 232 g/mol. The van der Waals surface area contributed by atoms with Crippen LogP contribution in [0, 0.1) is 0 Å². The topological polar surface area (TPSA) is 105 Å². The summed E-state index contributed by atoms with van der Waals surface area (Å²) in [5.74, 6) is -0.811. The van der Waals surface area contributed by atoms with Crippen LogP contribution in [0.2, 0.25) is 0 Å². The van der Waals surface area contributed by atoms with Crippen LogP contribution in [0.3, 0.4) is 0 Å². The first-order chi connectivity index (χ1) is 7.86. The Morgan fingerprint density at radius 3 is 2.47 bits per heavy atom. The third kappa shape index (κ3) is 2.58. The SMILES string of the molecule is CCOC(=O)[C@@H]1O[C@H](OC)[C@@H](O)[C@@](C)(O)[C@H]1O. The Balaban J connectivity index is 2.89. The molecule has 7 nitrogen and oxygen atoms in total. The predicted octanol–water partition coefficient (Wildman–Crippen LogP) is -1.61. The number of hydrogen-bond acceptors (Lipinski definition) is 7. The third-order valence-corrected chi connectivity index (χ3v) is 2.77. The Labute approximate surface area is 98.9 Å². The van der Waals surface area contributed by atoms with Crippen molar-refractivity contribution in [2.24, 2.45) is 0 Å². The van der Waals surface area contributed by atoms with Crippen molar-refractivity contribution < 1.29 is 34.3 Å². The van der Waals surface area contributed by atoms with Crippen LogP contribution in [-0.4, -0.2) is 65.2 Å². The number of methoxy groups -OCH3 is 1. The largest absolute Gasteiger partial charge is 0.464 e. The molecule has 1 heterocycles. The number of aliphatic hydroxyl groups is 3. The summed E-state index contributed by atoms with van der Waals surface area (Å²) in [6.45, 7) is 2.92. The molecule has 0 aliphatic carbocycles. The van der Waals surface area contributed by atoms with Gasteiger partial charge in [0, 0.05) is 7.11 Å². The molecule has 0 aromatic rings. The molecule has 1 saturated heterocycles. The zero-order valence-corrected chi connectivity index (χ0v) is 9.99. The Morgan fingerprint density at radius 2 is 2.00 bits per heavy atom. The Kier molecular flexibility index (Phi) is 4.45. The molecule has 5 atom stereocenters. The number of aliphatic hydroxyl groups excluding tert-OH is 2. The maximum absolute atomic E-state index is 11.5. The highest BCUT2D eigenvalue weighted by Gasteiger charge is 2.55. The van der Waals surface area contributed by atoms with E-state index in [1.807, 2.05) is 0 Å². The molecule has 0 aromatic heterocycles. The average Bonchev–Trinajstić information content (AvgIpc) is 2.27. The van der Waals surface area contributed by atoms with E-state index in [1.165, 1.54) is 14.0 Å². The lowest BCUT2D eigenvalue weighted by Crippen LogP contribution is -2.67. The van der Waals surface area contributed by atoms with Gasteiger partial charge in [0.25, 0.3) is 0 Å². The Hall–Kier alpha value is -0.730.